The van der Waals surface area contributed by atoms with E-state index in [0.29, 0.717) is 19.1 Å². The topological polar surface area (TPSA) is 39.4 Å². The van der Waals surface area contributed by atoms with Crippen LogP contribution in [0.15, 0.2) is 18.3 Å². The molecular weight excluding hydrogens is 214 g/mol. The third-order valence-corrected chi connectivity index (χ3v) is 2.45. The van der Waals surface area contributed by atoms with Crippen LogP contribution in [0, 0.1) is 0 Å². The van der Waals surface area contributed by atoms with Gasteiger partial charge in [0.1, 0.15) is 6.61 Å². The summed E-state index contributed by atoms with van der Waals surface area (Å²) in [5.74, 6) is 1.25. The number of alkyl halides is 1. The van der Waals surface area contributed by atoms with Crippen LogP contribution in [0.5, 0.6) is 0 Å². The molecule has 2 aromatic heterocycles. The summed E-state index contributed by atoms with van der Waals surface area (Å²) in [6, 6.07) is 3.88. The molecule has 15 heavy (non-hydrogen) atoms. The van der Waals surface area contributed by atoms with E-state index in [0.717, 1.165) is 17.0 Å². The second kappa shape index (κ2) is 4.59. The second-order valence-electron chi connectivity index (χ2n) is 3.11. The number of hydrogen-bond donors (Lipinski definition) is 0. The minimum Gasteiger partial charge on any atom is -0.374 e. The van der Waals surface area contributed by atoms with E-state index in [-0.39, 0.29) is 0 Å². The Morgan fingerprint density at radius 1 is 1.47 bits per heavy atom. The smallest absolute Gasteiger partial charge is 0.165 e. The Morgan fingerprint density at radius 2 is 2.33 bits per heavy atom. The van der Waals surface area contributed by atoms with Gasteiger partial charge in [0, 0.05) is 18.4 Å². The van der Waals surface area contributed by atoms with E-state index in [1.165, 1.54) is 0 Å². The molecule has 2 heterocycles. The predicted molar refractivity (Wildman–Crippen MR) is 57.9 cm³/mol. The zero-order valence-corrected chi connectivity index (χ0v) is 9.24. The molecule has 4 nitrogen and oxygen atoms in total. The number of nitrogens with zero attached hydrogens (tertiary/aromatic N) is 3. The first-order valence-corrected chi connectivity index (χ1v) is 5.35. The van der Waals surface area contributed by atoms with E-state index in [4.69, 9.17) is 16.3 Å². The molecule has 0 fully saturated rings. The molecule has 0 saturated heterocycles. The van der Waals surface area contributed by atoms with Crippen LogP contribution in [-0.4, -0.2) is 21.2 Å². The summed E-state index contributed by atoms with van der Waals surface area (Å²) >= 11 is 5.81. The van der Waals surface area contributed by atoms with E-state index >= 15 is 0 Å². The molecule has 0 aliphatic carbocycles. The maximum Gasteiger partial charge on any atom is 0.165 e. The van der Waals surface area contributed by atoms with Crippen LogP contribution in [-0.2, 0) is 17.2 Å². The minimum absolute atomic E-state index is 0.442. The van der Waals surface area contributed by atoms with Gasteiger partial charge in [0.05, 0.1) is 5.88 Å². The van der Waals surface area contributed by atoms with Gasteiger partial charge in [0.2, 0.25) is 0 Å². The zero-order chi connectivity index (χ0) is 10.7. The average molecular weight is 226 g/mol. The molecule has 0 spiro atoms. The SMILES string of the molecule is CCOCc1nnc2c(CCl)cccn12. The van der Waals surface area contributed by atoms with Crippen molar-refractivity contribution >= 4 is 17.2 Å². The highest BCUT2D eigenvalue weighted by molar-refractivity contribution is 6.17. The third kappa shape index (κ3) is 1.96. The Balaban J connectivity index is 2.42. The number of fused-ring (bicyclic) bond motifs is 1. The van der Waals surface area contributed by atoms with Gasteiger partial charge in [-0.25, -0.2) is 0 Å². The first kappa shape index (κ1) is 10.4. The minimum atomic E-state index is 0.442. The average Bonchev–Trinajstić information content (AvgIpc) is 2.69. The molecule has 0 aliphatic heterocycles. The Bertz CT molecular complexity index is 455. The van der Waals surface area contributed by atoms with Crippen LogP contribution in [0.2, 0.25) is 0 Å². The van der Waals surface area contributed by atoms with Gasteiger partial charge in [-0.15, -0.1) is 21.8 Å². The van der Waals surface area contributed by atoms with Crippen molar-refractivity contribution in [3.63, 3.8) is 0 Å². The number of hydrogen-bond acceptors (Lipinski definition) is 3. The largest absolute Gasteiger partial charge is 0.374 e. The van der Waals surface area contributed by atoms with E-state index < -0.39 is 0 Å². The Hall–Kier alpha value is -1.13. The second-order valence-corrected chi connectivity index (χ2v) is 3.38. The maximum absolute atomic E-state index is 5.81. The van der Waals surface area contributed by atoms with Gasteiger partial charge in [-0.05, 0) is 13.0 Å². The zero-order valence-electron chi connectivity index (χ0n) is 8.48. The number of halogens is 1. The Labute approximate surface area is 92.8 Å². The normalized spacial score (nSPS) is 11.1. The van der Waals surface area contributed by atoms with Gasteiger partial charge in [-0.1, -0.05) is 6.07 Å². The summed E-state index contributed by atoms with van der Waals surface area (Å²) < 4.78 is 7.21. The van der Waals surface area contributed by atoms with Crippen molar-refractivity contribution in [3.05, 3.63) is 29.7 Å². The van der Waals surface area contributed by atoms with Crippen LogP contribution in [0.3, 0.4) is 0 Å². The molecule has 0 amide bonds. The van der Waals surface area contributed by atoms with Crippen molar-refractivity contribution in [3.8, 4) is 0 Å². The first-order valence-electron chi connectivity index (χ1n) is 4.82. The lowest BCUT2D eigenvalue weighted by molar-refractivity contribution is 0.127. The van der Waals surface area contributed by atoms with Gasteiger partial charge in [0.15, 0.2) is 11.5 Å². The fourth-order valence-corrected chi connectivity index (χ4v) is 1.62. The summed E-state index contributed by atoms with van der Waals surface area (Å²) in [6.45, 7) is 3.10. The molecule has 0 aliphatic rings. The van der Waals surface area contributed by atoms with E-state index in [1.54, 1.807) is 0 Å². The van der Waals surface area contributed by atoms with Crippen molar-refractivity contribution < 1.29 is 4.74 Å². The quantitative estimate of drug-likeness (QED) is 0.748. The molecule has 0 unspecified atom stereocenters. The fraction of sp³-hybridized carbons (Fsp3) is 0.400. The van der Waals surface area contributed by atoms with E-state index in [1.807, 2.05) is 29.7 Å². The Kier molecular flexibility index (Phi) is 3.18. The summed E-state index contributed by atoms with van der Waals surface area (Å²) in [6.07, 6.45) is 1.92. The number of ether oxygens (including phenoxy) is 1. The van der Waals surface area contributed by atoms with E-state index in [2.05, 4.69) is 10.2 Å². The molecule has 0 aromatic carbocycles. The summed E-state index contributed by atoms with van der Waals surface area (Å²) in [4.78, 5) is 0. The molecule has 0 atom stereocenters. The van der Waals surface area contributed by atoms with Gasteiger partial charge in [-0.2, -0.15) is 0 Å². The lowest BCUT2D eigenvalue weighted by Crippen LogP contribution is -1.99. The monoisotopic (exact) mass is 225 g/mol. The number of pyridine rings is 1. The number of rotatable bonds is 4. The fourth-order valence-electron chi connectivity index (χ4n) is 1.42. The lowest BCUT2D eigenvalue weighted by atomic mass is 10.3. The Morgan fingerprint density at radius 3 is 3.07 bits per heavy atom. The molecular formula is C10H12ClN3O. The highest BCUT2D eigenvalue weighted by Crippen LogP contribution is 2.12. The summed E-state index contributed by atoms with van der Waals surface area (Å²) in [7, 11) is 0. The van der Waals surface area contributed by atoms with Crippen LogP contribution in [0.4, 0.5) is 0 Å². The van der Waals surface area contributed by atoms with Gasteiger partial charge in [0.25, 0.3) is 0 Å². The van der Waals surface area contributed by atoms with Crippen molar-refractivity contribution in [2.24, 2.45) is 0 Å². The lowest BCUT2D eigenvalue weighted by Gasteiger charge is -2.01. The van der Waals surface area contributed by atoms with Crippen molar-refractivity contribution in [2.75, 3.05) is 6.61 Å². The summed E-state index contributed by atoms with van der Waals surface area (Å²) in [5.41, 5.74) is 1.79. The van der Waals surface area contributed by atoms with Gasteiger partial charge >= 0.3 is 0 Å². The molecule has 80 valence electrons. The highest BCUT2D eigenvalue weighted by Gasteiger charge is 2.07. The first-order chi connectivity index (χ1) is 7.36. The van der Waals surface area contributed by atoms with Crippen molar-refractivity contribution in [1.82, 2.24) is 14.6 Å². The molecule has 2 rings (SSSR count). The van der Waals surface area contributed by atoms with Gasteiger partial charge < -0.3 is 4.74 Å². The molecule has 0 N–H and O–H groups in total. The summed E-state index contributed by atoms with van der Waals surface area (Å²) in [5, 5.41) is 8.16. The number of aromatic nitrogens is 3. The molecule has 5 heteroatoms. The predicted octanol–water partition coefficient (Wildman–Crippen LogP) is 2.00. The van der Waals surface area contributed by atoms with Crippen LogP contribution in [0.25, 0.3) is 5.65 Å². The third-order valence-electron chi connectivity index (χ3n) is 2.17. The molecule has 0 bridgehead atoms. The van der Waals surface area contributed by atoms with Gasteiger partial charge in [-0.3, -0.25) is 4.40 Å². The van der Waals surface area contributed by atoms with Crippen molar-refractivity contribution in [2.45, 2.75) is 19.4 Å². The van der Waals surface area contributed by atoms with E-state index in [9.17, 15) is 0 Å². The standard InChI is InChI=1S/C10H12ClN3O/c1-2-15-7-9-12-13-10-8(6-11)4-3-5-14(9)10/h3-5H,2,6-7H2,1H3. The van der Waals surface area contributed by atoms with Crippen LogP contribution >= 0.6 is 11.6 Å². The molecule has 0 radical (unpaired) electrons. The highest BCUT2D eigenvalue weighted by atomic mass is 35.5. The van der Waals surface area contributed by atoms with Crippen LogP contribution in [0.1, 0.15) is 18.3 Å². The maximum atomic E-state index is 5.81. The molecule has 2 aromatic rings. The van der Waals surface area contributed by atoms with Crippen LogP contribution < -0.4 is 0 Å². The molecule has 0 saturated carbocycles. The van der Waals surface area contributed by atoms with Crippen molar-refractivity contribution in [1.29, 1.82) is 0 Å².